The Kier molecular flexibility index (Phi) is 4.97. The van der Waals surface area contributed by atoms with E-state index in [1.54, 1.807) is 6.07 Å². The topological polar surface area (TPSA) is 71.5 Å². The minimum absolute atomic E-state index is 0.0451. The second-order valence-corrected chi connectivity index (χ2v) is 7.14. The molecule has 5 nitrogen and oxygen atoms in total. The van der Waals surface area contributed by atoms with Crippen LogP contribution < -0.4 is 5.73 Å². The van der Waals surface area contributed by atoms with Crippen molar-refractivity contribution < 1.29 is 9.90 Å². The SMILES string of the molecule is NC(=O)c1cccc(-n2ccc3ccccc32)c1C(CO)N1CCCCC1. The minimum atomic E-state index is -0.459. The van der Waals surface area contributed by atoms with Crippen molar-refractivity contribution in [3.05, 3.63) is 65.9 Å². The Labute approximate surface area is 159 Å². The van der Waals surface area contributed by atoms with E-state index in [2.05, 4.69) is 27.7 Å². The number of aliphatic hydroxyl groups excluding tert-OH is 1. The fourth-order valence-electron chi connectivity index (χ4n) is 4.24. The summed E-state index contributed by atoms with van der Waals surface area (Å²) in [5.41, 5.74) is 8.99. The number of hydrogen-bond acceptors (Lipinski definition) is 3. The molecule has 2 aromatic carbocycles. The molecular weight excluding hydrogens is 338 g/mol. The number of nitrogens with zero attached hydrogens (tertiary/aromatic N) is 2. The highest BCUT2D eigenvalue weighted by Crippen LogP contribution is 2.33. The molecule has 2 heterocycles. The lowest BCUT2D eigenvalue weighted by atomic mass is 9.95. The number of benzene rings is 2. The molecule has 0 aliphatic carbocycles. The van der Waals surface area contributed by atoms with Gasteiger partial charge in [-0.15, -0.1) is 0 Å². The van der Waals surface area contributed by atoms with E-state index in [0.717, 1.165) is 48.1 Å². The zero-order chi connectivity index (χ0) is 18.8. The Balaban J connectivity index is 1.92. The molecule has 1 amide bonds. The van der Waals surface area contributed by atoms with Crippen molar-refractivity contribution in [1.82, 2.24) is 9.47 Å². The molecule has 1 aliphatic rings. The van der Waals surface area contributed by atoms with Gasteiger partial charge in [-0.25, -0.2) is 0 Å². The number of carbonyl (C=O) groups excluding carboxylic acids is 1. The zero-order valence-electron chi connectivity index (χ0n) is 15.3. The van der Waals surface area contributed by atoms with E-state index < -0.39 is 5.91 Å². The van der Waals surface area contributed by atoms with Crippen LogP contribution in [0.3, 0.4) is 0 Å². The number of primary amides is 1. The first kappa shape index (κ1) is 17.8. The second kappa shape index (κ2) is 7.55. The Morgan fingerprint density at radius 2 is 1.81 bits per heavy atom. The van der Waals surface area contributed by atoms with Crippen LogP contribution in [-0.4, -0.2) is 40.2 Å². The Bertz CT molecular complexity index is 957. The van der Waals surface area contributed by atoms with E-state index in [1.807, 2.05) is 30.5 Å². The molecule has 0 spiro atoms. The number of rotatable bonds is 5. The third kappa shape index (κ3) is 3.24. The summed E-state index contributed by atoms with van der Waals surface area (Å²) in [5, 5.41) is 11.4. The average Bonchev–Trinajstić information content (AvgIpc) is 3.13. The number of likely N-dealkylation sites (tertiary alicyclic amines) is 1. The van der Waals surface area contributed by atoms with Gasteiger partial charge in [0, 0.05) is 17.3 Å². The number of carbonyl (C=O) groups is 1. The number of aliphatic hydroxyl groups is 1. The molecule has 1 fully saturated rings. The predicted octanol–water partition coefficient (Wildman–Crippen LogP) is 3.25. The summed E-state index contributed by atoms with van der Waals surface area (Å²) in [6, 6.07) is 15.6. The first-order chi connectivity index (χ1) is 13.2. The van der Waals surface area contributed by atoms with Gasteiger partial charge in [-0.1, -0.05) is 30.7 Å². The summed E-state index contributed by atoms with van der Waals surface area (Å²) in [4.78, 5) is 14.5. The highest BCUT2D eigenvalue weighted by molar-refractivity contribution is 5.96. The molecule has 5 heteroatoms. The molecule has 3 aromatic rings. The van der Waals surface area contributed by atoms with Gasteiger partial charge in [-0.05, 0) is 55.6 Å². The largest absolute Gasteiger partial charge is 0.394 e. The molecular formula is C22H25N3O2. The lowest BCUT2D eigenvalue weighted by molar-refractivity contribution is 0.0961. The van der Waals surface area contributed by atoms with E-state index >= 15 is 0 Å². The van der Waals surface area contributed by atoms with Crippen LogP contribution >= 0.6 is 0 Å². The third-order valence-corrected chi connectivity index (χ3v) is 5.55. The maximum atomic E-state index is 12.2. The van der Waals surface area contributed by atoms with Crippen LogP contribution in [0.5, 0.6) is 0 Å². The number of amides is 1. The van der Waals surface area contributed by atoms with Gasteiger partial charge in [0.1, 0.15) is 0 Å². The first-order valence-corrected chi connectivity index (χ1v) is 9.55. The number of nitrogens with two attached hydrogens (primary N) is 1. The van der Waals surface area contributed by atoms with Crippen molar-refractivity contribution >= 4 is 16.8 Å². The Hall–Kier alpha value is -2.63. The fraction of sp³-hybridized carbons (Fsp3) is 0.318. The monoisotopic (exact) mass is 363 g/mol. The van der Waals surface area contributed by atoms with Gasteiger partial charge in [-0.3, -0.25) is 9.69 Å². The summed E-state index contributed by atoms with van der Waals surface area (Å²) in [7, 11) is 0. The van der Waals surface area contributed by atoms with Gasteiger partial charge in [0.05, 0.1) is 23.9 Å². The van der Waals surface area contributed by atoms with Gasteiger partial charge >= 0.3 is 0 Å². The van der Waals surface area contributed by atoms with Gasteiger partial charge in [0.2, 0.25) is 5.91 Å². The molecule has 4 rings (SSSR count). The van der Waals surface area contributed by atoms with Gasteiger partial charge < -0.3 is 15.4 Å². The summed E-state index contributed by atoms with van der Waals surface area (Å²) in [6.07, 6.45) is 5.44. The van der Waals surface area contributed by atoms with E-state index in [9.17, 15) is 9.90 Å². The molecule has 1 unspecified atom stereocenters. The molecule has 1 aliphatic heterocycles. The van der Waals surface area contributed by atoms with Crippen LogP contribution in [0, 0.1) is 0 Å². The standard InChI is InChI=1S/C22H25N3O2/c23-22(27)17-8-6-10-19(25-14-11-16-7-2-3-9-18(16)25)21(17)20(15-26)24-12-4-1-5-13-24/h2-3,6-11,14,20,26H,1,4-5,12-13,15H2,(H2,23,27). The predicted molar refractivity (Wildman–Crippen MR) is 107 cm³/mol. The molecule has 1 saturated heterocycles. The van der Waals surface area contributed by atoms with Crippen LogP contribution in [0.4, 0.5) is 0 Å². The average molecular weight is 363 g/mol. The zero-order valence-corrected chi connectivity index (χ0v) is 15.3. The molecule has 0 bridgehead atoms. The van der Waals surface area contributed by atoms with Crippen LogP contribution in [0.1, 0.15) is 41.2 Å². The molecule has 140 valence electrons. The Morgan fingerprint density at radius 3 is 2.56 bits per heavy atom. The van der Waals surface area contributed by atoms with Crippen LogP contribution in [0.15, 0.2) is 54.7 Å². The number of aromatic nitrogens is 1. The van der Waals surface area contributed by atoms with Crippen molar-refractivity contribution in [2.45, 2.75) is 25.3 Å². The lowest BCUT2D eigenvalue weighted by Gasteiger charge is -2.35. The molecule has 1 atom stereocenters. The van der Waals surface area contributed by atoms with E-state index in [4.69, 9.17) is 5.73 Å². The number of fused-ring (bicyclic) bond motifs is 1. The van der Waals surface area contributed by atoms with E-state index in [0.29, 0.717) is 5.56 Å². The molecule has 0 saturated carbocycles. The molecule has 27 heavy (non-hydrogen) atoms. The van der Waals surface area contributed by atoms with Gasteiger partial charge in [0.25, 0.3) is 0 Å². The van der Waals surface area contributed by atoms with E-state index in [1.165, 1.54) is 6.42 Å². The summed E-state index contributed by atoms with van der Waals surface area (Å²) < 4.78 is 2.09. The molecule has 0 radical (unpaired) electrons. The third-order valence-electron chi connectivity index (χ3n) is 5.55. The number of para-hydroxylation sites is 1. The Morgan fingerprint density at radius 1 is 1.04 bits per heavy atom. The lowest BCUT2D eigenvalue weighted by Crippen LogP contribution is -2.37. The van der Waals surface area contributed by atoms with Crippen molar-refractivity contribution in [2.75, 3.05) is 19.7 Å². The maximum Gasteiger partial charge on any atom is 0.249 e. The second-order valence-electron chi connectivity index (χ2n) is 7.14. The van der Waals surface area contributed by atoms with E-state index in [-0.39, 0.29) is 12.6 Å². The maximum absolute atomic E-state index is 12.2. The quantitative estimate of drug-likeness (QED) is 0.731. The summed E-state index contributed by atoms with van der Waals surface area (Å²) in [5.74, 6) is -0.459. The van der Waals surface area contributed by atoms with Crippen molar-refractivity contribution in [1.29, 1.82) is 0 Å². The fourth-order valence-corrected chi connectivity index (χ4v) is 4.24. The molecule has 1 aromatic heterocycles. The van der Waals surface area contributed by atoms with Crippen molar-refractivity contribution in [3.8, 4) is 5.69 Å². The summed E-state index contributed by atoms with van der Waals surface area (Å²) >= 11 is 0. The van der Waals surface area contributed by atoms with Gasteiger partial charge in [0.15, 0.2) is 0 Å². The number of piperidine rings is 1. The summed E-state index contributed by atoms with van der Waals surface area (Å²) in [6.45, 7) is 1.80. The van der Waals surface area contributed by atoms with Crippen LogP contribution in [-0.2, 0) is 0 Å². The number of hydrogen-bond donors (Lipinski definition) is 2. The van der Waals surface area contributed by atoms with Crippen LogP contribution in [0.2, 0.25) is 0 Å². The normalized spacial score (nSPS) is 16.5. The molecule has 3 N–H and O–H groups in total. The van der Waals surface area contributed by atoms with Gasteiger partial charge in [-0.2, -0.15) is 0 Å². The highest BCUT2D eigenvalue weighted by Gasteiger charge is 2.28. The smallest absolute Gasteiger partial charge is 0.249 e. The minimum Gasteiger partial charge on any atom is -0.394 e. The van der Waals surface area contributed by atoms with Crippen LogP contribution in [0.25, 0.3) is 16.6 Å². The highest BCUT2D eigenvalue weighted by atomic mass is 16.3. The van der Waals surface area contributed by atoms with Crippen molar-refractivity contribution in [2.24, 2.45) is 5.73 Å². The van der Waals surface area contributed by atoms with Crippen molar-refractivity contribution in [3.63, 3.8) is 0 Å². The first-order valence-electron chi connectivity index (χ1n) is 9.55.